The summed E-state index contributed by atoms with van der Waals surface area (Å²) in [6.07, 6.45) is 9.05. The van der Waals surface area contributed by atoms with Crippen LogP contribution in [-0.2, 0) is 6.42 Å². The van der Waals surface area contributed by atoms with E-state index in [1.54, 1.807) is 29.4 Å². The molecular weight excluding hydrogens is 482 g/mol. The third-order valence-electron chi connectivity index (χ3n) is 4.88. The van der Waals surface area contributed by atoms with E-state index in [-0.39, 0.29) is 5.78 Å². The van der Waals surface area contributed by atoms with Crippen molar-refractivity contribution in [1.82, 2.24) is 24.1 Å². The highest BCUT2D eigenvalue weighted by atomic mass is 16.1. The average molecular weight is 524 g/mol. The minimum Gasteiger partial charge on any atom is -0.306 e. The Labute approximate surface area is 233 Å². The summed E-state index contributed by atoms with van der Waals surface area (Å²) in [6, 6.07) is 19.0. The van der Waals surface area contributed by atoms with Gasteiger partial charge >= 0.3 is 0 Å². The van der Waals surface area contributed by atoms with Crippen molar-refractivity contribution < 1.29 is 4.79 Å². The maximum Gasteiger partial charge on any atom is 0.167 e. The number of Topliss-reactive ketones (excluding diaryl/α,β-unsaturated/α-hetero) is 1. The van der Waals surface area contributed by atoms with Crippen LogP contribution in [0.5, 0.6) is 0 Å². The molecule has 3 heterocycles. The van der Waals surface area contributed by atoms with Crippen molar-refractivity contribution in [2.24, 2.45) is 0 Å². The van der Waals surface area contributed by atoms with Crippen molar-refractivity contribution >= 4 is 11.4 Å². The van der Waals surface area contributed by atoms with Gasteiger partial charge in [-0.25, -0.2) is 14.5 Å². The lowest BCUT2D eigenvalue weighted by atomic mass is 10.0. The molecule has 0 amide bonds. The zero-order valence-electron chi connectivity index (χ0n) is 24.5. The zero-order valence-corrected chi connectivity index (χ0v) is 24.5. The van der Waals surface area contributed by atoms with Crippen molar-refractivity contribution in [3.05, 3.63) is 114 Å². The Morgan fingerprint density at radius 1 is 0.821 bits per heavy atom. The van der Waals surface area contributed by atoms with Gasteiger partial charge < -0.3 is 4.57 Å². The molecule has 0 saturated carbocycles. The van der Waals surface area contributed by atoms with Crippen LogP contribution in [0.15, 0.2) is 91.8 Å². The second-order valence-electron chi connectivity index (χ2n) is 7.01. The monoisotopic (exact) mass is 523 g/mol. The molecule has 6 heteroatoms. The first-order chi connectivity index (χ1) is 19.3. The van der Waals surface area contributed by atoms with E-state index >= 15 is 0 Å². The van der Waals surface area contributed by atoms with Crippen LogP contribution in [0, 0.1) is 11.8 Å². The van der Waals surface area contributed by atoms with E-state index in [1.807, 2.05) is 127 Å². The third kappa shape index (κ3) is 9.39. The van der Waals surface area contributed by atoms with Gasteiger partial charge in [-0.15, -0.1) is 0 Å². The molecule has 5 aromatic rings. The van der Waals surface area contributed by atoms with Crippen LogP contribution in [-0.4, -0.2) is 29.9 Å². The van der Waals surface area contributed by atoms with E-state index in [1.165, 1.54) is 0 Å². The van der Waals surface area contributed by atoms with Crippen LogP contribution < -0.4 is 0 Å². The molecular formula is C33H41N5O. The quantitative estimate of drug-likeness (QED) is 0.178. The fraction of sp³-hybridized carbons (Fsp3) is 0.273. The first-order valence-corrected chi connectivity index (χ1v) is 13.8. The molecule has 0 aliphatic rings. The summed E-state index contributed by atoms with van der Waals surface area (Å²) in [5, 5.41) is 4.26. The number of rotatable bonds is 4. The predicted octanol–water partition coefficient (Wildman–Crippen LogP) is 7.85. The highest BCUT2D eigenvalue weighted by Gasteiger charge is 2.09. The number of ketones is 1. The maximum atomic E-state index is 12.9. The van der Waals surface area contributed by atoms with Crippen molar-refractivity contribution in [3.63, 3.8) is 0 Å². The van der Waals surface area contributed by atoms with Crippen LogP contribution in [0.2, 0.25) is 0 Å². The summed E-state index contributed by atoms with van der Waals surface area (Å²) in [5.41, 5.74) is 4.77. The second kappa shape index (κ2) is 18.7. The number of fused-ring (bicyclic) bond motifs is 1. The molecule has 6 nitrogen and oxygen atoms in total. The number of hydrogen-bond acceptors (Lipinski definition) is 4. The van der Waals surface area contributed by atoms with Crippen LogP contribution in [0.3, 0.4) is 0 Å². The molecule has 3 aromatic heterocycles. The molecule has 204 valence electrons. The number of aromatic nitrogens is 5. The minimum atomic E-state index is 0.0444. The summed E-state index contributed by atoms with van der Waals surface area (Å²) in [5.74, 6) is 6.25. The number of carbonyl (C=O) groups excluding carboxylic acids is 1. The minimum absolute atomic E-state index is 0.0444. The molecule has 0 aliphatic carbocycles. The molecule has 0 bridgehead atoms. The highest BCUT2D eigenvalue weighted by Crippen LogP contribution is 2.14. The largest absolute Gasteiger partial charge is 0.306 e. The van der Waals surface area contributed by atoms with Crippen LogP contribution in [0.25, 0.3) is 11.3 Å². The molecule has 2 aromatic carbocycles. The van der Waals surface area contributed by atoms with Crippen molar-refractivity contribution in [2.75, 3.05) is 0 Å². The SMILES string of the molecule is CC.CC.CC.CC.O=C(Cc1cccc(-n2ccnc2)c1)c1cccc(C#Cc2cnc3cccnn23)c1. The van der Waals surface area contributed by atoms with Gasteiger partial charge in [-0.2, -0.15) is 5.10 Å². The Bertz CT molecular complexity index is 1440. The summed E-state index contributed by atoms with van der Waals surface area (Å²) in [6.45, 7) is 16.0. The summed E-state index contributed by atoms with van der Waals surface area (Å²) < 4.78 is 3.61. The Morgan fingerprint density at radius 3 is 2.28 bits per heavy atom. The van der Waals surface area contributed by atoms with Crippen molar-refractivity contribution in [2.45, 2.75) is 61.8 Å². The van der Waals surface area contributed by atoms with E-state index < -0.39 is 0 Å². The number of imidazole rings is 2. The predicted molar refractivity (Wildman–Crippen MR) is 162 cm³/mol. The molecule has 0 atom stereocenters. The Kier molecular flexibility index (Phi) is 15.6. The summed E-state index contributed by atoms with van der Waals surface area (Å²) in [4.78, 5) is 21.2. The lowest BCUT2D eigenvalue weighted by molar-refractivity contribution is 0.0993. The van der Waals surface area contributed by atoms with E-state index in [4.69, 9.17) is 0 Å². The van der Waals surface area contributed by atoms with Gasteiger partial charge in [-0.1, -0.05) is 85.6 Å². The molecule has 5 rings (SSSR count). The first kappa shape index (κ1) is 32.5. The average Bonchev–Trinajstić information content (AvgIpc) is 3.71. The zero-order chi connectivity index (χ0) is 29.0. The van der Waals surface area contributed by atoms with Gasteiger partial charge in [0.15, 0.2) is 11.4 Å². The van der Waals surface area contributed by atoms with Gasteiger partial charge in [-0.3, -0.25) is 4.79 Å². The van der Waals surface area contributed by atoms with Crippen LogP contribution >= 0.6 is 0 Å². The van der Waals surface area contributed by atoms with E-state index in [9.17, 15) is 4.79 Å². The summed E-state index contributed by atoms with van der Waals surface area (Å²) in [7, 11) is 0. The van der Waals surface area contributed by atoms with Gasteiger partial charge in [-0.05, 0) is 47.9 Å². The van der Waals surface area contributed by atoms with Crippen molar-refractivity contribution in [1.29, 1.82) is 0 Å². The first-order valence-electron chi connectivity index (χ1n) is 13.8. The number of carbonyl (C=O) groups is 1. The van der Waals surface area contributed by atoms with Crippen LogP contribution in [0.1, 0.15) is 82.6 Å². The van der Waals surface area contributed by atoms with Gasteiger partial charge in [0.2, 0.25) is 0 Å². The molecule has 0 unspecified atom stereocenters. The second-order valence-corrected chi connectivity index (χ2v) is 7.01. The standard InChI is InChI=1S/C25H17N5O.4C2H6/c31-24(16-20-5-2-7-22(15-20)29-13-12-26-18-29)21-6-1-4-19(14-21)9-10-23-17-27-25-8-3-11-28-30(23)25;4*1-2/h1-8,11-15,17-18H,16H2;4*1-2H3. The Hall–Kier alpha value is -4.50. The molecule has 0 saturated heterocycles. The smallest absolute Gasteiger partial charge is 0.167 e. The maximum absolute atomic E-state index is 12.9. The molecule has 0 spiro atoms. The molecule has 39 heavy (non-hydrogen) atoms. The summed E-state index contributed by atoms with van der Waals surface area (Å²) >= 11 is 0. The fourth-order valence-electron chi connectivity index (χ4n) is 3.35. The van der Waals surface area contributed by atoms with Gasteiger partial charge in [0.1, 0.15) is 5.69 Å². The Morgan fingerprint density at radius 2 is 1.56 bits per heavy atom. The number of nitrogens with zero attached hydrogens (tertiary/aromatic N) is 5. The van der Waals surface area contributed by atoms with E-state index in [2.05, 4.69) is 26.9 Å². The van der Waals surface area contributed by atoms with Gasteiger partial charge in [0.05, 0.1) is 12.5 Å². The van der Waals surface area contributed by atoms with Crippen LogP contribution in [0.4, 0.5) is 0 Å². The molecule has 0 aliphatic heterocycles. The number of hydrogen-bond donors (Lipinski definition) is 0. The highest BCUT2D eigenvalue weighted by molar-refractivity contribution is 5.97. The molecule has 0 N–H and O–H groups in total. The van der Waals surface area contributed by atoms with E-state index in [0.29, 0.717) is 17.7 Å². The molecule has 0 fully saturated rings. The topological polar surface area (TPSA) is 65.1 Å². The Balaban J connectivity index is 0.000000874. The van der Waals surface area contributed by atoms with E-state index in [0.717, 1.165) is 22.5 Å². The molecule has 0 radical (unpaired) electrons. The van der Waals surface area contributed by atoms with Gasteiger partial charge in [0.25, 0.3) is 0 Å². The lowest BCUT2D eigenvalue weighted by Gasteiger charge is -2.06. The fourth-order valence-corrected chi connectivity index (χ4v) is 3.35. The van der Waals surface area contributed by atoms with Crippen molar-refractivity contribution in [3.8, 4) is 17.5 Å². The lowest BCUT2D eigenvalue weighted by Crippen LogP contribution is -2.04. The number of benzene rings is 2. The third-order valence-corrected chi connectivity index (χ3v) is 4.88. The van der Waals surface area contributed by atoms with Gasteiger partial charge in [0, 0.05) is 41.8 Å². The normalized spacial score (nSPS) is 9.03.